The van der Waals surface area contributed by atoms with Crippen LogP contribution in [0.3, 0.4) is 0 Å². The molecule has 6 heteroatoms. The van der Waals surface area contributed by atoms with Crippen molar-refractivity contribution in [2.75, 3.05) is 26.6 Å². The van der Waals surface area contributed by atoms with Crippen molar-refractivity contribution in [2.24, 2.45) is 5.73 Å². The van der Waals surface area contributed by atoms with Gasteiger partial charge in [-0.05, 0) is 0 Å². The second-order valence-electron chi connectivity index (χ2n) is 4.63. The zero-order valence-corrected chi connectivity index (χ0v) is 11.6. The van der Waals surface area contributed by atoms with Gasteiger partial charge >= 0.3 is 0 Å². The van der Waals surface area contributed by atoms with E-state index in [4.69, 9.17) is 19.9 Å². The maximum absolute atomic E-state index is 5.47. The first kappa shape index (κ1) is 13.2. The molecule has 0 aliphatic carbocycles. The fourth-order valence-electron chi connectivity index (χ4n) is 2.43. The highest BCUT2D eigenvalue weighted by Crippen LogP contribution is 2.36. The monoisotopic (exact) mass is 277 g/mol. The molecule has 0 bridgehead atoms. The van der Waals surface area contributed by atoms with Gasteiger partial charge < -0.3 is 24.5 Å². The normalized spacial score (nSPS) is 13.3. The van der Waals surface area contributed by atoms with E-state index in [0.29, 0.717) is 19.8 Å². The molecule has 3 rings (SSSR count). The summed E-state index contributed by atoms with van der Waals surface area (Å²) in [6.07, 6.45) is 0.873. The molecular formula is C14H19N3O3. The number of rotatable bonds is 6. The highest BCUT2D eigenvalue weighted by molar-refractivity contribution is 5.81. The number of fused-ring (bicyclic) bond motifs is 2. The van der Waals surface area contributed by atoms with Crippen molar-refractivity contribution in [3.8, 4) is 11.5 Å². The van der Waals surface area contributed by atoms with Gasteiger partial charge in [0, 0.05) is 31.6 Å². The van der Waals surface area contributed by atoms with Crippen molar-refractivity contribution in [3.63, 3.8) is 0 Å². The molecule has 1 aromatic heterocycles. The Hall–Kier alpha value is -1.79. The van der Waals surface area contributed by atoms with Crippen molar-refractivity contribution in [1.29, 1.82) is 0 Å². The van der Waals surface area contributed by atoms with Crippen molar-refractivity contribution in [3.05, 3.63) is 18.0 Å². The second kappa shape index (κ2) is 5.68. The fourth-order valence-corrected chi connectivity index (χ4v) is 2.43. The SMILES string of the molecule is CCc1nc2cc3c(cc2n1CCOCCN)OCO3. The minimum absolute atomic E-state index is 0.280. The van der Waals surface area contributed by atoms with Gasteiger partial charge in [-0.15, -0.1) is 0 Å². The van der Waals surface area contributed by atoms with Crippen LogP contribution in [0.1, 0.15) is 12.7 Å². The van der Waals surface area contributed by atoms with Gasteiger partial charge in [0.05, 0.1) is 24.2 Å². The molecule has 0 radical (unpaired) electrons. The van der Waals surface area contributed by atoms with Crippen LogP contribution in [0.2, 0.25) is 0 Å². The van der Waals surface area contributed by atoms with Gasteiger partial charge in [-0.25, -0.2) is 4.98 Å². The topological polar surface area (TPSA) is 71.5 Å². The van der Waals surface area contributed by atoms with Gasteiger partial charge in [0.25, 0.3) is 0 Å². The number of hydrogen-bond acceptors (Lipinski definition) is 5. The molecule has 1 aliphatic rings. The molecule has 0 atom stereocenters. The largest absolute Gasteiger partial charge is 0.454 e. The molecule has 0 amide bonds. The minimum atomic E-state index is 0.280. The van der Waals surface area contributed by atoms with Gasteiger partial charge in [0.1, 0.15) is 5.82 Å². The summed E-state index contributed by atoms with van der Waals surface area (Å²) in [4.78, 5) is 4.65. The lowest BCUT2D eigenvalue weighted by atomic mass is 10.2. The highest BCUT2D eigenvalue weighted by Gasteiger charge is 2.18. The Morgan fingerprint density at radius 1 is 1.30 bits per heavy atom. The van der Waals surface area contributed by atoms with Gasteiger partial charge in [-0.1, -0.05) is 6.92 Å². The maximum atomic E-state index is 5.47. The predicted molar refractivity (Wildman–Crippen MR) is 75.1 cm³/mol. The number of nitrogens with two attached hydrogens (primary N) is 1. The third-order valence-electron chi connectivity index (χ3n) is 3.36. The van der Waals surface area contributed by atoms with Crippen LogP contribution in [0.4, 0.5) is 0 Å². The first-order chi connectivity index (χ1) is 9.83. The summed E-state index contributed by atoms with van der Waals surface area (Å²) in [5, 5.41) is 0. The lowest BCUT2D eigenvalue weighted by Gasteiger charge is -2.08. The van der Waals surface area contributed by atoms with E-state index >= 15 is 0 Å². The maximum Gasteiger partial charge on any atom is 0.231 e. The molecule has 0 saturated heterocycles. The molecule has 0 spiro atoms. The van der Waals surface area contributed by atoms with Crippen molar-refractivity contribution < 1.29 is 14.2 Å². The van der Waals surface area contributed by atoms with E-state index < -0.39 is 0 Å². The standard InChI is InChI=1S/C14H19N3O3/c1-2-14-16-10-7-12-13(20-9-19-12)8-11(10)17(14)4-6-18-5-3-15/h7-8H,2-6,9,15H2,1H3. The van der Waals surface area contributed by atoms with E-state index in [0.717, 1.165) is 41.3 Å². The summed E-state index contributed by atoms with van der Waals surface area (Å²) >= 11 is 0. The Morgan fingerprint density at radius 3 is 2.85 bits per heavy atom. The summed E-state index contributed by atoms with van der Waals surface area (Å²) in [5.41, 5.74) is 7.41. The highest BCUT2D eigenvalue weighted by atomic mass is 16.7. The zero-order valence-electron chi connectivity index (χ0n) is 11.6. The smallest absolute Gasteiger partial charge is 0.231 e. The molecule has 2 heterocycles. The second-order valence-corrected chi connectivity index (χ2v) is 4.63. The number of imidazole rings is 1. The molecule has 0 saturated carbocycles. The zero-order chi connectivity index (χ0) is 13.9. The summed E-state index contributed by atoms with van der Waals surface area (Å²) in [5.74, 6) is 2.59. The van der Waals surface area contributed by atoms with Crippen LogP contribution in [-0.2, 0) is 17.7 Å². The number of benzene rings is 1. The molecule has 0 unspecified atom stereocenters. The average molecular weight is 277 g/mol. The Labute approximate surface area is 117 Å². The van der Waals surface area contributed by atoms with Crippen LogP contribution in [0, 0.1) is 0 Å². The Bertz CT molecular complexity index is 609. The number of aromatic nitrogens is 2. The van der Waals surface area contributed by atoms with Gasteiger partial charge in [0.15, 0.2) is 11.5 Å². The molecule has 20 heavy (non-hydrogen) atoms. The molecule has 6 nitrogen and oxygen atoms in total. The Morgan fingerprint density at radius 2 is 2.10 bits per heavy atom. The first-order valence-corrected chi connectivity index (χ1v) is 6.90. The molecule has 1 aromatic carbocycles. The van der Waals surface area contributed by atoms with Gasteiger partial charge in [-0.3, -0.25) is 0 Å². The van der Waals surface area contributed by atoms with Gasteiger partial charge in [0.2, 0.25) is 6.79 Å². The summed E-state index contributed by atoms with van der Waals surface area (Å²) in [6.45, 7) is 4.90. The third kappa shape index (κ3) is 2.32. The van der Waals surface area contributed by atoms with Crippen molar-refractivity contribution >= 4 is 11.0 Å². The lowest BCUT2D eigenvalue weighted by molar-refractivity contribution is 0.133. The van der Waals surface area contributed by atoms with Crippen LogP contribution >= 0.6 is 0 Å². The predicted octanol–water partition coefficient (Wildman–Crippen LogP) is 1.30. The van der Waals surface area contributed by atoms with Crippen molar-refractivity contribution in [2.45, 2.75) is 19.9 Å². The summed E-state index contributed by atoms with van der Waals surface area (Å²) in [7, 11) is 0. The fraction of sp³-hybridized carbons (Fsp3) is 0.500. The Kier molecular flexibility index (Phi) is 3.75. The summed E-state index contributed by atoms with van der Waals surface area (Å²) < 4.78 is 18.5. The van der Waals surface area contributed by atoms with E-state index in [1.807, 2.05) is 12.1 Å². The van der Waals surface area contributed by atoms with Crippen LogP contribution in [0.25, 0.3) is 11.0 Å². The lowest BCUT2D eigenvalue weighted by Crippen LogP contribution is -2.13. The molecular weight excluding hydrogens is 258 g/mol. The van der Waals surface area contributed by atoms with Gasteiger partial charge in [-0.2, -0.15) is 0 Å². The Balaban J connectivity index is 1.91. The van der Waals surface area contributed by atoms with Crippen LogP contribution in [0.15, 0.2) is 12.1 Å². The quantitative estimate of drug-likeness (QED) is 0.806. The average Bonchev–Trinajstić information content (AvgIpc) is 3.04. The van der Waals surface area contributed by atoms with Crippen molar-refractivity contribution in [1.82, 2.24) is 9.55 Å². The van der Waals surface area contributed by atoms with Crippen LogP contribution < -0.4 is 15.2 Å². The summed E-state index contributed by atoms with van der Waals surface area (Å²) in [6, 6.07) is 3.93. The minimum Gasteiger partial charge on any atom is -0.454 e. The molecule has 0 fully saturated rings. The van der Waals surface area contributed by atoms with E-state index in [1.165, 1.54) is 0 Å². The van der Waals surface area contributed by atoms with Crippen LogP contribution in [-0.4, -0.2) is 36.1 Å². The van der Waals surface area contributed by atoms with E-state index in [1.54, 1.807) is 0 Å². The van der Waals surface area contributed by atoms with Crippen LogP contribution in [0.5, 0.6) is 11.5 Å². The van der Waals surface area contributed by atoms with E-state index in [2.05, 4.69) is 16.5 Å². The number of aryl methyl sites for hydroxylation is 1. The molecule has 1 aliphatic heterocycles. The molecule has 2 N–H and O–H groups in total. The number of ether oxygens (including phenoxy) is 3. The number of nitrogens with zero attached hydrogens (tertiary/aromatic N) is 2. The van der Waals surface area contributed by atoms with E-state index in [-0.39, 0.29) is 6.79 Å². The third-order valence-corrected chi connectivity index (χ3v) is 3.36. The van der Waals surface area contributed by atoms with E-state index in [9.17, 15) is 0 Å². The molecule has 2 aromatic rings. The first-order valence-electron chi connectivity index (χ1n) is 6.90. The number of hydrogen-bond donors (Lipinski definition) is 1. The molecule has 108 valence electrons.